The molecule has 0 spiro atoms. The largest absolute Gasteiger partial charge is 0.422 e. The van der Waals surface area contributed by atoms with Crippen molar-refractivity contribution in [3.05, 3.63) is 75.3 Å². The number of hydrogen-bond donors (Lipinski definition) is 1. The number of aryl methyl sites for hydroxylation is 2. The molecule has 6 nitrogen and oxygen atoms in total. The van der Waals surface area contributed by atoms with Gasteiger partial charge in [0.25, 0.3) is 0 Å². The summed E-state index contributed by atoms with van der Waals surface area (Å²) in [5.41, 5.74) is 3.85. The smallest absolute Gasteiger partial charge is 0.344 e. The van der Waals surface area contributed by atoms with Crippen LogP contribution in [-0.4, -0.2) is 0 Å². The van der Waals surface area contributed by atoms with Crippen molar-refractivity contribution in [1.82, 2.24) is 0 Å². The van der Waals surface area contributed by atoms with Crippen LogP contribution in [0.25, 0.3) is 22.1 Å². The van der Waals surface area contributed by atoms with Gasteiger partial charge in [-0.1, -0.05) is 18.2 Å². The van der Waals surface area contributed by atoms with Gasteiger partial charge in [-0.2, -0.15) is 15.8 Å². The molecule has 0 saturated carbocycles. The number of rotatable bonds is 3. The van der Waals surface area contributed by atoms with Crippen molar-refractivity contribution in [2.45, 2.75) is 25.7 Å². The lowest BCUT2D eigenvalue weighted by molar-refractivity contribution is 0.563. The van der Waals surface area contributed by atoms with Gasteiger partial charge >= 0.3 is 5.63 Å². The zero-order valence-corrected chi connectivity index (χ0v) is 16.0. The zero-order chi connectivity index (χ0) is 21.1. The molecule has 6 heteroatoms. The minimum absolute atomic E-state index is 0.160. The third-order valence-corrected chi connectivity index (χ3v) is 5.25. The third kappa shape index (κ3) is 3.53. The van der Waals surface area contributed by atoms with E-state index in [1.54, 1.807) is 42.5 Å². The van der Waals surface area contributed by atoms with Crippen molar-refractivity contribution in [1.29, 1.82) is 15.8 Å². The second kappa shape index (κ2) is 7.95. The van der Waals surface area contributed by atoms with Crippen molar-refractivity contribution in [2.75, 3.05) is 5.32 Å². The minimum atomic E-state index is -0.443. The molecule has 0 fully saturated rings. The number of nitrogens with one attached hydrogen (secondary N) is 1. The summed E-state index contributed by atoms with van der Waals surface area (Å²) in [6, 6.07) is 18.1. The third-order valence-electron chi connectivity index (χ3n) is 5.25. The Morgan fingerprint density at radius 2 is 1.67 bits per heavy atom. The van der Waals surface area contributed by atoms with Gasteiger partial charge in [-0.3, -0.25) is 0 Å². The normalized spacial score (nSPS) is 12.2. The summed E-state index contributed by atoms with van der Waals surface area (Å²) in [6.45, 7) is 0. The first-order valence-electron chi connectivity index (χ1n) is 9.54. The van der Waals surface area contributed by atoms with Crippen LogP contribution in [-0.2, 0) is 12.8 Å². The summed E-state index contributed by atoms with van der Waals surface area (Å²) in [5.74, 6) is 0. The van der Waals surface area contributed by atoms with Crippen molar-refractivity contribution in [3.8, 4) is 29.3 Å². The van der Waals surface area contributed by atoms with Crippen molar-refractivity contribution >= 4 is 16.7 Å². The second-order valence-electron chi connectivity index (χ2n) is 7.10. The number of fused-ring (bicyclic) bond motifs is 2. The highest BCUT2D eigenvalue weighted by Crippen LogP contribution is 2.28. The summed E-state index contributed by atoms with van der Waals surface area (Å²) in [4.78, 5) is 12.7. The second-order valence-corrected chi connectivity index (χ2v) is 7.10. The van der Waals surface area contributed by atoms with Crippen LogP contribution in [0.4, 0.5) is 5.69 Å². The Bertz CT molecular complexity index is 1360. The summed E-state index contributed by atoms with van der Waals surface area (Å²) >= 11 is 0. The topological polar surface area (TPSA) is 114 Å². The van der Waals surface area contributed by atoms with E-state index in [9.17, 15) is 10.1 Å². The lowest BCUT2D eigenvalue weighted by Crippen LogP contribution is -2.06. The Labute approximate surface area is 172 Å². The first kappa shape index (κ1) is 19.0. The maximum atomic E-state index is 12.7. The first-order chi connectivity index (χ1) is 14.6. The molecule has 144 valence electrons. The predicted molar refractivity (Wildman–Crippen MR) is 112 cm³/mol. The fourth-order valence-electron chi connectivity index (χ4n) is 3.72. The maximum absolute atomic E-state index is 12.7. The van der Waals surface area contributed by atoms with Crippen LogP contribution >= 0.6 is 0 Å². The van der Waals surface area contributed by atoms with Crippen LogP contribution in [0.3, 0.4) is 0 Å². The Hall–Kier alpha value is -4.34. The molecule has 0 bridgehead atoms. The van der Waals surface area contributed by atoms with Gasteiger partial charge in [-0.05, 0) is 60.6 Å². The standard InChI is InChI=1S/C24H16N4O2/c25-12-19(13-26)22(14-27)28-20-8-7-18-10-21(24(29)30-23(18)11-20)17-6-5-15-3-1-2-4-16(15)9-17/h5-11,28H,1-4H2. The minimum Gasteiger partial charge on any atom is -0.422 e. The summed E-state index contributed by atoms with van der Waals surface area (Å²) in [5, 5.41) is 30.5. The van der Waals surface area contributed by atoms with E-state index in [1.165, 1.54) is 17.5 Å². The molecule has 1 aliphatic carbocycles. The fraction of sp³-hybridized carbons (Fsp3) is 0.167. The highest BCUT2D eigenvalue weighted by molar-refractivity contribution is 5.85. The molecule has 1 aliphatic rings. The highest BCUT2D eigenvalue weighted by atomic mass is 16.4. The Morgan fingerprint density at radius 1 is 0.900 bits per heavy atom. The molecule has 0 radical (unpaired) electrons. The average molecular weight is 392 g/mol. The van der Waals surface area contributed by atoms with Crippen molar-refractivity contribution < 1.29 is 4.42 Å². The van der Waals surface area contributed by atoms with Gasteiger partial charge in [0, 0.05) is 17.1 Å². The summed E-state index contributed by atoms with van der Waals surface area (Å²) in [7, 11) is 0. The number of hydrogen-bond acceptors (Lipinski definition) is 6. The lowest BCUT2D eigenvalue weighted by atomic mass is 9.89. The lowest BCUT2D eigenvalue weighted by Gasteiger charge is -2.16. The van der Waals surface area contributed by atoms with Gasteiger partial charge in [0.1, 0.15) is 29.5 Å². The van der Waals surface area contributed by atoms with E-state index in [0.29, 0.717) is 16.8 Å². The average Bonchev–Trinajstić information content (AvgIpc) is 2.78. The number of anilines is 1. The Morgan fingerprint density at radius 3 is 2.40 bits per heavy atom. The summed E-state index contributed by atoms with van der Waals surface area (Å²) < 4.78 is 5.54. The Balaban J connectivity index is 1.73. The maximum Gasteiger partial charge on any atom is 0.344 e. The van der Waals surface area contributed by atoms with E-state index in [0.717, 1.165) is 30.2 Å². The molecule has 0 saturated heterocycles. The molecule has 0 atom stereocenters. The van der Waals surface area contributed by atoms with Crippen LogP contribution in [0.1, 0.15) is 24.0 Å². The molecule has 2 aromatic carbocycles. The first-order valence-corrected chi connectivity index (χ1v) is 9.54. The molecule has 0 aliphatic heterocycles. The fourth-order valence-corrected chi connectivity index (χ4v) is 3.72. The number of benzene rings is 2. The van der Waals surface area contributed by atoms with Crippen LogP contribution in [0.5, 0.6) is 0 Å². The Kier molecular flexibility index (Phi) is 5.04. The molecular formula is C24H16N4O2. The van der Waals surface area contributed by atoms with E-state index >= 15 is 0 Å². The van der Waals surface area contributed by atoms with E-state index in [2.05, 4.69) is 17.4 Å². The van der Waals surface area contributed by atoms with E-state index in [4.69, 9.17) is 14.9 Å². The van der Waals surface area contributed by atoms with Crippen LogP contribution in [0.2, 0.25) is 0 Å². The van der Waals surface area contributed by atoms with Crippen LogP contribution < -0.4 is 10.9 Å². The summed E-state index contributed by atoms with van der Waals surface area (Å²) in [6.07, 6.45) is 4.47. The molecule has 1 heterocycles. The highest BCUT2D eigenvalue weighted by Gasteiger charge is 2.14. The molecule has 0 unspecified atom stereocenters. The van der Waals surface area contributed by atoms with Crippen molar-refractivity contribution in [3.63, 3.8) is 0 Å². The van der Waals surface area contributed by atoms with E-state index in [1.807, 2.05) is 6.07 Å². The molecule has 30 heavy (non-hydrogen) atoms. The number of nitriles is 3. The molecule has 1 N–H and O–H groups in total. The quantitative estimate of drug-likeness (QED) is 0.516. The number of allylic oxidation sites excluding steroid dienone is 2. The van der Waals surface area contributed by atoms with Gasteiger partial charge in [-0.25, -0.2) is 4.79 Å². The van der Waals surface area contributed by atoms with E-state index in [-0.39, 0.29) is 11.3 Å². The van der Waals surface area contributed by atoms with E-state index < -0.39 is 5.63 Å². The van der Waals surface area contributed by atoms with Crippen LogP contribution in [0, 0.1) is 34.0 Å². The van der Waals surface area contributed by atoms with Gasteiger partial charge in [0.2, 0.25) is 0 Å². The molecular weight excluding hydrogens is 376 g/mol. The zero-order valence-electron chi connectivity index (χ0n) is 16.0. The van der Waals surface area contributed by atoms with Gasteiger partial charge in [0.05, 0.1) is 5.56 Å². The molecule has 3 aromatic rings. The molecule has 4 rings (SSSR count). The number of nitrogens with zero attached hydrogens (tertiary/aromatic N) is 3. The van der Waals surface area contributed by atoms with Crippen molar-refractivity contribution in [2.24, 2.45) is 0 Å². The van der Waals surface area contributed by atoms with Gasteiger partial charge < -0.3 is 9.73 Å². The monoisotopic (exact) mass is 392 g/mol. The molecule has 0 amide bonds. The van der Waals surface area contributed by atoms with Gasteiger partial charge in [0.15, 0.2) is 5.57 Å². The molecule has 1 aromatic heterocycles. The van der Waals surface area contributed by atoms with Crippen LogP contribution in [0.15, 0.2) is 62.9 Å². The SMILES string of the molecule is N#CC(C#N)=C(C#N)Nc1ccc2cc(-c3ccc4c(c3)CCCC4)c(=O)oc2c1. The van der Waals surface area contributed by atoms with Gasteiger partial charge in [-0.15, -0.1) is 0 Å². The predicted octanol–water partition coefficient (Wildman–Crippen LogP) is 4.58.